The monoisotopic (exact) mass is 326 g/mol. The summed E-state index contributed by atoms with van der Waals surface area (Å²) >= 11 is 6.01. The van der Waals surface area contributed by atoms with Gasteiger partial charge in [0.1, 0.15) is 16.7 Å². The maximum atomic E-state index is 11.8. The topological polar surface area (TPSA) is 80.4 Å². The minimum absolute atomic E-state index is 0.328. The molecule has 3 aromatic rings. The highest BCUT2D eigenvalue weighted by molar-refractivity contribution is 6.31. The maximum absolute atomic E-state index is 11.8. The van der Waals surface area contributed by atoms with Gasteiger partial charge in [-0.3, -0.25) is 9.78 Å². The Kier molecular flexibility index (Phi) is 4.44. The first-order chi connectivity index (χ1) is 11.2. The molecule has 23 heavy (non-hydrogen) atoms. The molecule has 0 unspecified atom stereocenters. The average molecular weight is 327 g/mol. The van der Waals surface area contributed by atoms with Crippen molar-refractivity contribution in [2.75, 3.05) is 0 Å². The SMILES string of the molecule is O=C(N/N=C\c1ccc(-c2cccnc2Cl)o1)c1ccncc1. The molecule has 0 fully saturated rings. The second-order valence-corrected chi connectivity index (χ2v) is 4.84. The van der Waals surface area contributed by atoms with Gasteiger partial charge in [-0.25, -0.2) is 10.4 Å². The largest absolute Gasteiger partial charge is 0.455 e. The zero-order valence-electron chi connectivity index (χ0n) is 11.8. The van der Waals surface area contributed by atoms with Gasteiger partial charge in [0.15, 0.2) is 0 Å². The van der Waals surface area contributed by atoms with E-state index in [0.717, 1.165) is 0 Å². The van der Waals surface area contributed by atoms with Crippen molar-refractivity contribution in [2.24, 2.45) is 5.10 Å². The van der Waals surface area contributed by atoms with Crippen molar-refractivity contribution in [1.29, 1.82) is 0 Å². The van der Waals surface area contributed by atoms with Gasteiger partial charge in [0.05, 0.1) is 11.8 Å². The Labute approximate surface area is 136 Å². The van der Waals surface area contributed by atoms with E-state index in [9.17, 15) is 4.79 Å². The van der Waals surface area contributed by atoms with Crippen LogP contribution in [0.25, 0.3) is 11.3 Å². The van der Waals surface area contributed by atoms with Crippen LogP contribution in [0, 0.1) is 0 Å². The van der Waals surface area contributed by atoms with Crippen molar-refractivity contribution < 1.29 is 9.21 Å². The normalized spacial score (nSPS) is 10.8. The summed E-state index contributed by atoms with van der Waals surface area (Å²) < 4.78 is 5.60. The van der Waals surface area contributed by atoms with Gasteiger partial charge in [-0.1, -0.05) is 11.6 Å². The Morgan fingerprint density at radius 3 is 2.78 bits per heavy atom. The van der Waals surface area contributed by atoms with Gasteiger partial charge in [-0.15, -0.1) is 0 Å². The Balaban J connectivity index is 1.68. The molecule has 6 nitrogen and oxygen atoms in total. The first-order valence-corrected chi connectivity index (χ1v) is 7.06. The molecule has 0 radical (unpaired) electrons. The lowest BCUT2D eigenvalue weighted by molar-refractivity contribution is 0.0955. The molecule has 0 aliphatic carbocycles. The zero-order valence-corrected chi connectivity index (χ0v) is 12.6. The number of nitrogens with zero attached hydrogens (tertiary/aromatic N) is 3. The Morgan fingerprint density at radius 2 is 2.00 bits per heavy atom. The number of halogens is 1. The van der Waals surface area contributed by atoms with Crippen molar-refractivity contribution >= 4 is 23.7 Å². The van der Waals surface area contributed by atoms with E-state index in [1.807, 2.05) is 0 Å². The summed E-state index contributed by atoms with van der Waals surface area (Å²) in [5.41, 5.74) is 3.57. The molecule has 0 saturated heterocycles. The average Bonchev–Trinajstić information content (AvgIpc) is 3.04. The second-order valence-electron chi connectivity index (χ2n) is 4.48. The number of furan rings is 1. The summed E-state index contributed by atoms with van der Waals surface area (Å²) in [7, 11) is 0. The first kappa shape index (κ1) is 14.9. The highest BCUT2D eigenvalue weighted by Crippen LogP contribution is 2.26. The number of amides is 1. The summed E-state index contributed by atoms with van der Waals surface area (Å²) in [6, 6.07) is 10.3. The molecule has 0 spiro atoms. The third kappa shape index (κ3) is 3.61. The van der Waals surface area contributed by atoms with Crippen LogP contribution >= 0.6 is 11.6 Å². The van der Waals surface area contributed by atoms with Crippen molar-refractivity contribution in [3.8, 4) is 11.3 Å². The lowest BCUT2D eigenvalue weighted by Crippen LogP contribution is -2.17. The number of aromatic nitrogens is 2. The lowest BCUT2D eigenvalue weighted by Gasteiger charge is -1.98. The number of carbonyl (C=O) groups is 1. The predicted octanol–water partition coefficient (Wildman–Crippen LogP) is 3.15. The van der Waals surface area contributed by atoms with E-state index in [0.29, 0.717) is 27.8 Å². The predicted molar refractivity (Wildman–Crippen MR) is 86.2 cm³/mol. The molecule has 114 valence electrons. The molecule has 0 aliphatic rings. The Bertz CT molecular complexity index is 846. The van der Waals surface area contributed by atoms with Gasteiger partial charge < -0.3 is 4.42 Å². The van der Waals surface area contributed by atoms with Gasteiger partial charge in [0.2, 0.25) is 0 Å². The number of hydrogen-bond acceptors (Lipinski definition) is 5. The number of hydrogen-bond donors (Lipinski definition) is 1. The highest BCUT2D eigenvalue weighted by atomic mass is 35.5. The molecule has 1 N–H and O–H groups in total. The number of carbonyl (C=O) groups excluding carboxylic acids is 1. The van der Waals surface area contributed by atoms with E-state index in [-0.39, 0.29) is 5.91 Å². The van der Waals surface area contributed by atoms with E-state index in [4.69, 9.17) is 16.0 Å². The van der Waals surface area contributed by atoms with E-state index >= 15 is 0 Å². The summed E-state index contributed by atoms with van der Waals surface area (Å²) in [5.74, 6) is 0.727. The fraction of sp³-hybridized carbons (Fsp3) is 0. The van der Waals surface area contributed by atoms with Crippen molar-refractivity contribution in [2.45, 2.75) is 0 Å². The molecule has 0 bridgehead atoms. The van der Waals surface area contributed by atoms with Crippen molar-refractivity contribution in [3.63, 3.8) is 0 Å². The van der Waals surface area contributed by atoms with E-state index in [1.54, 1.807) is 42.6 Å². The molecular formula is C16H11ClN4O2. The third-order valence-corrected chi connectivity index (χ3v) is 3.25. The quantitative estimate of drug-likeness (QED) is 0.453. The van der Waals surface area contributed by atoms with Crippen LogP contribution in [0.2, 0.25) is 5.15 Å². The molecule has 0 atom stereocenters. The maximum Gasteiger partial charge on any atom is 0.271 e. The fourth-order valence-corrected chi connectivity index (χ4v) is 2.07. The van der Waals surface area contributed by atoms with Crippen LogP contribution in [0.3, 0.4) is 0 Å². The summed E-state index contributed by atoms with van der Waals surface area (Å²) in [5, 5.41) is 4.22. The number of nitrogens with one attached hydrogen (secondary N) is 1. The minimum atomic E-state index is -0.328. The van der Waals surface area contributed by atoms with Crippen LogP contribution in [-0.4, -0.2) is 22.1 Å². The molecule has 0 aromatic carbocycles. The smallest absolute Gasteiger partial charge is 0.271 e. The third-order valence-electron chi connectivity index (χ3n) is 2.95. The Hall–Kier alpha value is -2.99. The van der Waals surface area contributed by atoms with E-state index in [2.05, 4.69) is 20.5 Å². The zero-order chi connectivity index (χ0) is 16.1. The molecule has 3 heterocycles. The van der Waals surface area contributed by atoms with Gasteiger partial charge in [-0.2, -0.15) is 5.10 Å². The standard InChI is InChI=1S/C16H11ClN4O2/c17-15-13(2-1-7-19-15)14-4-3-12(23-14)10-20-21-16(22)11-5-8-18-9-6-11/h1-10H,(H,21,22)/b20-10-. The molecule has 3 rings (SSSR count). The van der Waals surface area contributed by atoms with Crippen LogP contribution in [-0.2, 0) is 0 Å². The number of rotatable bonds is 4. The van der Waals surface area contributed by atoms with Crippen molar-refractivity contribution in [3.05, 3.63) is 71.5 Å². The summed E-state index contributed by atoms with van der Waals surface area (Å²) in [6.45, 7) is 0. The van der Waals surface area contributed by atoms with E-state index in [1.165, 1.54) is 18.6 Å². The van der Waals surface area contributed by atoms with Gasteiger partial charge in [-0.05, 0) is 36.4 Å². The summed E-state index contributed by atoms with van der Waals surface area (Å²) in [4.78, 5) is 19.6. The minimum Gasteiger partial charge on any atom is -0.455 e. The molecule has 7 heteroatoms. The fourth-order valence-electron chi connectivity index (χ4n) is 1.86. The number of hydrazone groups is 1. The molecular weight excluding hydrogens is 316 g/mol. The lowest BCUT2D eigenvalue weighted by atomic mass is 10.2. The molecule has 0 aliphatic heterocycles. The van der Waals surface area contributed by atoms with E-state index < -0.39 is 0 Å². The molecule has 0 saturated carbocycles. The first-order valence-electron chi connectivity index (χ1n) is 6.68. The van der Waals surface area contributed by atoms with Gasteiger partial charge in [0.25, 0.3) is 5.91 Å². The van der Waals surface area contributed by atoms with Crippen LogP contribution in [0.15, 0.2) is 64.5 Å². The van der Waals surface area contributed by atoms with Crippen LogP contribution in [0.4, 0.5) is 0 Å². The van der Waals surface area contributed by atoms with Crippen LogP contribution in [0.1, 0.15) is 16.1 Å². The number of pyridine rings is 2. The van der Waals surface area contributed by atoms with Crippen molar-refractivity contribution in [1.82, 2.24) is 15.4 Å². The Morgan fingerprint density at radius 1 is 1.17 bits per heavy atom. The second kappa shape index (κ2) is 6.85. The summed E-state index contributed by atoms with van der Waals surface area (Å²) in [6.07, 6.45) is 6.09. The molecule has 1 amide bonds. The molecule has 3 aromatic heterocycles. The van der Waals surface area contributed by atoms with Crippen LogP contribution in [0.5, 0.6) is 0 Å². The highest BCUT2D eigenvalue weighted by Gasteiger charge is 2.08. The van der Waals surface area contributed by atoms with Gasteiger partial charge in [0, 0.05) is 24.2 Å². The van der Waals surface area contributed by atoms with Crippen LogP contribution < -0.4 is 5.43 Å². The van der Waals surface area contributed by atoms with Gasteiger partial charge >= 0.3 is 0 Å².